The predicted molar refractivity (Wildman–Crippen MR) is 122 cm³/mol. The molecular weight excluding hydrogens is 430 g/mol. The fraction of sp³-hybridized carbons (Fsp3) is 0.348. The van der Waals surface area contributed by atoms with E-state index < -0.39 is 6.03 Å². The topological polar surface area (TPSA) is 115 Å². The van der Waals surface area contributed by atoms with Gasteiger partial charge in [0.25, 0.3) is 0 Å². The lowest BCUT2D eigenvalue weighted by Gasteiger charge is -2.29. The van der Waals surface area contributed by atoms with Gasteiger partial charge in [-0.25, -0.2) is 9.59 Å². The summed E-state index contributed by atoms with van der Waals surface area (Å²) in [6.07, 6.45) is 2.99. The third-order valence-electron chi connectivity index (χ3n) is 6.06. The first-order chi connectivity index (χ1) is 15.4. The minimum Gasteiger partial charge on any atom is -0.495 e. The van der Waals surface area contributed by atoms with Crippen LogP contribution in [-0.2, 0) is 6.54 Å². The molecule has 0 unspecified atom stereocenters. The van der Waals surface area contributed by atoms with Crippen LogP contribution in [0.5, 0.6) is 5.75 Å². The standard InChI is InChI=1S/C23H24ClN5O3/c1-32-21-9-3-15(10-18(21)24)13-28-20-11-14(12-25)2-8-19(20)29(23(28)31)17-6-4-16(5-7-17)27-22(26)30/h2-3,8-11,16-17H,4-7,13H2,1H3,(H3,26,27,30)/t16-,17-. The van der Waals surface area contributed by atoms with Gasteiger partial charge in [-0.15, -0.1) is 0 Å². The zero-order valence-corrected chi connectivity index (χ0v) is 18.4. The maximum Gasteiger partial charge on any atom is 0.329 e. The van der Waals surface area contributed by atoms with Crippen molar-refractivity contribution in [3.63, 3.8) is 0 Å². The van der Waals surface area contributed by atoms with Gasteiger partial charge < -0.3 is 15.8 Å². The zero-order valence-electron chi connectivity index (χ0n) is 17.7. The molecule has 2 aromatic carbocycles. The van der Waals surface area contributed by atoms with E-state index in [1.54, 1.807) is 35.9 Å². The number of primary amides is 1. The number of carbonyl (C=O) groups is 1. The van der Waals surface area contributed by atoms with Crippen LogP contribution in [0.4, 0.5) is 4.79 Å². The molecule has 1 saturated carbocycles. The van der Waals surface area contributed by atoms with Gasteiger partial charge in [0.1, 0.15) is 5.75 Å². The molecule has 1 aromatic heterocycles. The Bertz CT molecular complexity index is 1270. The first kappa shape index (κ1) is 21.8. The highest BCUT2D eigenvalue weighted by molar-refractivity contribution is 6.32. The molecule has 8 nitrogen and oxygen atoms in total. The molecule has 0 aliphatic heterocycles. The first-order valence-electron chi connectivity index (χ1n) is 10.4. The van der Waals surface area contributed by atoms with Crippen LogP contribution in [0.3, 0.4) is 0 Å². The molecule has 0 saturated heterocycles. The summed E-state index contributed by atoms with van der Waals surface area (Å²) in [6, 6.07) is 12.4. The maximum atomic E-state index is 13.6. The van der Waals surface area contributed by atoms with Crippen molar-refractivity contribution in [1.82, 2.24) is 14.5 Å². The Morgan fingerprint density at radius 1 is 1.22 bits per heavy atom. The number of amides is 2. The number of halogens is 1. The molecule has 3 aromatic rings. The van der Waals surface area contributed by atoms with E-state index in [2.05, 4.69) is 11.4 Å². The number of hydrogen-bond donors (Lipinski definition) is 2. The number of benzene rings is 2. The second-order valence-electron chi connectivity index (χ2n) is 8.04. The molecule has 0 radical (unpaired) electrons. The lowest BCUT2D eigenvalue weighted by atomic mass is 9.91. The van der Waals surface area contributed by atoms with Crippen molar-refractivity contribution in [2.24, 2.45) is 5.73 Å². The Hall–Kier alpha value is -3.44. The number of nitrogens with zero attached hydrogens (tertiary/aromatic N) is 3. The fourth-order valence-electron chi connectivity index (χ4n) is 4.53. The Labute approximate surface area is 190 Å². The summed E-state index contributed by atoms with van der Waals surface area (Å²) < 4.78 is 8.72. The minimum absolute atomic E-state index is 0.00423. The summed E-state index contributed by atoms with van der Waals surface area (Å²) in [6.45, 7) is 0.319. The van der Waals surface area contributed by atoms with E-state index in [1.165, 1.54) is 0 Å². The van der Waals surface area contributed by atoms with Crippen LogP contribution in [0.1, 0.15) is 42.9 Å². The van der Waals surface area contributed by atoms with Crippen molar-refractivity contribution >= 4 is 28.7 Å². The van der Waals surface area contributed by atoms with Gasteiger partial charge in [-0.05, 0) is 61.6 Å². The number of imidazole rings is 1. The number of hydrogen-bond acceptors (Lipinski definition) is 4. The number of aromatic nitrogens is 2. The molecule has 2 amide bonds. The van der Waals surface area contributed by atoms with Crippen molar-refractivity contribution < 1.29 is 9.53 Å². The number of nitrogens with one attached hydrogen (secondary N) is 1. The van der Waals surface area contributed by atoms with Crippen LogP contribution >= 0.6 is 11.6 Å². The number of carbonyl (C=O) groups excluding carboxylic acids is 1. The highest BCUT2D eigenvalue weighted by atomic mass is 35.5. The Balaban J connectivity index is 1.73. The van der Waals surface area contributed by atoms with E-state index in [9.17, 15) is 14.9 Å². The van der Waals surface area contributed by atoms with Crippen molar-refractivity contribution in [2.45, 2.75) is 44.3 Å². The highest BCUT2D eigenvalue weighted by Crippen LogP contribution is 2.31. The molecule has 1 fully saturated rings. The van der Waals surface area contributed by atoms with Crippen LogP contribution < -0.4 is 21.5 Å². The summed E-state index contributed by atoms with van der Waals surface area (Å²) in [5, 5.41) is 12.6. The second-order valence-corrected chi connectivity index (χ2v) is 8.44. The van der Waals surface area contributed by atoms with Crippen LogP contribution in [0.2, 0.25) is 5.02 Å². The normalized spacial score (nSPS) is 18.3. The van der Waals surface area contributed by atoms with Gasteiger partial charge in [0.2, 0.25) is 0 Å². The number of methoxy groups -OCH3 is 1. The predicted octanol–water partition coefficient (Wildman–Crippen LogP) is 3.54. The molecule has 166 valence electrons. The summed E-state index contributed by atoms with van der Waals surface area (Å²) in [5.41, 5.74) is 7.96. The van der Waals surface area contributed by atoms with E-state index in [1.807, 2.05) is 16.7 Å². The van der Waals surface area contributed by atoms with Crippen molar-refractivity contribution in [3.8, 4) is 11.8 Å². The van der Waals surface area contributed by atoms with Crippen molar-refractivity contribution in [3.05, 3.63) is 63.0 Å². The Kier molecular flexibility index (Phi) is 6.10. The molecular formula is C23H24ClN5O3. The van der Waals surface area contributed by atoms with E-state index in [-0.39, 0.29) is 17.8 Å². The van der Waals surface area contributed by atoms with Gasteiger partial charge in [0.05, 0.1) is 41.3 Å². The average molecular weight is 454 g/mol. The zero-order chi connectivity index (χ0) is 22.8. The number of ether oxygens (including phenoxy) is 1. The van der Waals surface area contributed by atoms with Gasteiger partial charge in [-0.2, -0.15) is 5.26 Å². The fourth-order valence-corrected chi connectivity index (χ4v) is 4.81. The lowest BCUT2D eigenvalue weighted by molar-refractivity contribution is 0.235. The SMILES string of the molecule is COc1ccc(Cn2c(=O)n([C@H]3CC[C@H](NC(N)=O)CC3)c3ccc(C#N)cc32)cc1Cl. The molecule has 1 heterocycles. The number of rotatable bonds is 5. The molecule has 0 spiro atoms. The summed E-state index contributed by atoms with van der Waals surface area (Å²) in [4.78, 5) is 24.7. The minimum atomic E-state index is -0.524. The molecule has 4 rings (SSSR count). The van der Waals surface area contributed by atoms with E-state index in [0.717, 1.165) is 36.8 Å². The van der Waals surface area contributed by atoms with Gasteiger partial charge in [0.15, 0.2) is 0 Å². The van der Waals surface area contributed by atoms with E-state index >= 15 is 0 Å². The average Bonchev–Trinajstić information content (AvgIpc) is 3.05. The third-order valence-corrected chi connectivity index (χ3v) is 6.35. The van der Waals surface area contributed by atoms with Gasteiger partial charge >= 0.3 is 11.7 Å². The largest absolute Gasteiger partial charge is 0.495 e. The number of nitrogens with two attached hydrogens (primary N) is 1. The second kappa shape index (κ2) is 8.97. The smallest absolute Gasteiger partial charge is 0.329 e. The van der Waals surface area contributed by atoms with Crippen LogP contribution in [0.25, 0.3) is 11.0 Å². The molecule has 3 N–H and O–H groups in total. The van der Waals surface area contributed by atoms with Crippen LogP contribution in [0.15, 0.2) is 41.2 Å². The molecule has 9 heteroatoms. The lowest BCUT2D eigenvalue weighted by Crippen LogP contribution is -2.41. The van der Waals surface area contributed by atoms with E-state index in [4.69, 9.17) is 22.1 Å². The van der Waals surface area contributed by atoms with Gasteiger partial charge in [-0.1, -0.05) is 17.7 Å². The highest BCUT2D eigenvalue weighted by Gasteiger charge is 2.27. The molecule has 1 aliphatic carbocycles. The van der Waals surface area contributed by atoms with E-state index in [0.29, 0.717) is 28.4 Å². The Morgan fingerprint density at radius 2 is 1.97 bits per heavy atom. The Morgan fingerprint density at radius 3 is 2.59 bits per heavy atom. The third kappa shape index (κ3) is 4.16. The molecule has 0 atom stereocenters. The van der Waals surface area contributed by atoms with Crippen molar-refractivity contribution in [1.29, 1.82) is 5.26 Å². The summed E-state index contributed by atoms with van der Waals surface area (Å²) in [5.74, 6) is 0.568. The van der Waals surface area contributed by atoms with Gasteiger partial charge in [-0.3, -0.25) is 9.13 Å². The maximum absolute atomic E-state index is 13.6. The summed E-state index contributed by atoms with van der Waals surface area (Å²) in [7, 11) is 1.55. The number of urea groups is 1. The monoisotopic (exact) mass is 453 g/mol. The first-order valence-corrected chi connectivity index (χ1v) is 10.8. The molecule has 32 heavy (non-hydrogen) atoms. The van der Waals surface area contributed by atoms with Crippen molar-refractivity contribution in [2.75, 3.05) is 7.11 Å². The van der Waals surface area contributed by atoms with Crippen LogP contribution in [-0.4, -0.2) is 28.3 Å². The van der Waals surface area contributed by atoms with Gasteiger partial charge in [0, 0.05) is 12.1 Å². The molecule has 1 aliphatic rings. The number of nitriles is 1. The van der Waals surface area contributed by atoms with Crippen LogP contribution in [0, 0.1) is 11.3 Å². The summed E-state index contributed by atoms with van der Waals surface area (Å²) >= 11 is 6.28. The molecule has 0 bridgehead atoms. The quantitative estimate of drug-likeness (QED) is 0.614. The number of fused-ring (bicyclic) bond motifs is 1.